The van der Waals surface area contributed by atoms with Crippen molar-refractivity contribution in [3.8, 4) is 0 Å². The maximum absolute atomic E-state index is 13.3. The van der Waals surface area contributed by atoms with Gasteiger partial charge in [-0.15, -0.1) is 0 Å². The maximum Gasteiger partial charge on any atom is 0.240 e. The summed E-state index contributed by atoms with van der Waals surface area (Å²) in [4.78, 5) is 32.3. The van der Waals surface area contributed by atoms with Crippen LogP contribution in [0.4, 0.5) is 11.4 Å². The normalized spacial score (nSPS) is 13.2. The van der Waals surface area contributed by atoms with Gasteiger partial charge in [0.25, 0.3) is 0 Å². The monoisotopic (exact) mass is 439 g/mol. The Kier molecular flexibility index (Phi) is 6.98. The summed E-state index contributed by atoms with van der Waals surface area (Å²) in [6.07, 6.45) is 1.90. The predicted octanol–water partition coefficient (Wildman–Crippen LogP) is 4.91. The molecule has 2 amide bonds. The molecule has 1 aliphatic heterocycles. The van der Waals surface area contributed by atoms with E-state index in [9.17, 15) is 9.59 Å². The number of nitrogens with one attached hydrogen (secondary N) is 1. The first kappa shape index (κ1) is 22.5. The van der Waals surface area contributed by atoms with E-state index in [1.54, 1.807) is 4.90 Å². The van der Waals surface area contributed by atoms with Gasteiger partial charge < -0.3 is 10.2 Å². The third-order valence-electron chi connectivity index (χ3n) is 5.85. The largest absolute Gasteiger partial charge is 0.355 e. The average Bonchev–Trinajstić information content (AvgIpc) is 2.94. The molecule has 0 atom stereocenters. The molecule has 1 aliphatic rings. The SMILES string of the molecule is Cc1ccc(C2=Nc3ccccc3N(CC(=O)NCCCc3ccccc3)C(=O)C2)c(C)c1. The average molecular weight is 440 g/mol. The van der Waals surface area contributed by atoms with Crippen molar-refractivity contribution in [1.29, 1.82) is 0 Å². The highest BCUT2D eigenvalue weighted by atomic mass is 16.2. The Morgan fingerprint density at radius 3 is 2.55 bits per heavy atom. The zero-order valence-corrected chi connectivity index (χ0v) is 19.2. The fraction of sp³-hybridized carbons (Fsp3) is 0.250. The second-order valence-corrected chi connectivity index (χ2v) is 8.46. The molecule has 0 radical (unpaired) electrons. The van der Waals surface area contributed by atoms with Gasteiger partial charge in [-0.2, -0.15) is 0 Å². The molecule has 0 aliphatic carbocycles. The number of fused-ring (bicyclic) bond motifs is 1. The zero-order valence-electron chi connectivity index (χ0n) is 19.2. The van der Waals surface area contributed by atoms with E-state index < -0.39 is 0 Å². The van der Waals surface area contributed by atoms with Gasteiger partial charge in [0.1, 0.15) is 6.54 Å². The summed E-state index contributed by atoms with van der Waals surface area (Å²) < 4.78 is 0. The van der Waals surface area contributed by atoms with E-state index in [1.807, 2.05) is 68.4 Å². The topological polar surface area (TPSA) is 61.8 Å². The Hall–Kier alpha value is -3.73. The lowest BCUT2D eigenvalue weighted by Crippen LogP contribution is -2.41. The molecular formula is C28H29N3O2. The molecule has 4 rings (SSSR count). The molecule has 33 heavy (non-hydrogen) atoms. The van der Waals surface area contributed by atoms with Gasteiger partial charge in [0.05, 0.1) is 23.5 Å². The van der Waals surface area contributed by atoms with E-state index >= 15 is 0 Å². The van der Waals surface area contributed by atoms with E-state index in [2.05, 4.69) is 23.5 Å². The Balaban J connectivity index is 1.45. The Bertz CT molecular complexity index is 1180. The lowest BCUT2D eigenvalue weighted by molar-refractivity contribution is -0.123. The van der Waals surface area contributed by atoms with Gasteiger partial charge in [0.15, 0.2) is 0 Å². The maximum atomic E-state index is 13.3. The van der Waals surface area contributed by atoms with Crippen LogP contribution < -0.4 is 10.2 Å². The highest BCUT2D eigenvalue weighted by Gasteiger charge is 2.27. The van der Waals surface area contributed by atoms with Gasteiger partial charge in [0.2, 0.25) is 11.8 Å². The van der Waals surface area contributed by atoms with Gasteiger partial charge in [-0.1, -0.05) is 66.2 Å². The molecule has 5 heteroatoms. The van der Waals surface area contributed by atoms with Crippen LogP contribution in [0, 0.1) is 13.8 Å². The smallest absolute Gasteiger partial charge is 0.240 e. The van der Waals surface area contributed by atoms with Crippen LogP contribution in [-0.2, 0) is 16.0 Å². The number of carbonyl (C=O) groups excluding carboxylic acids is 2. The van der Waals surface area contributed by atoms with Crippen molar-refractivity contribution in [2.24, 2.45) is 4.99 Å². The molecule has 5 nitrogen and oxygen atoms in total. The molecule has 0 spiro atoms. The summed E-state index contributed by atoms with van der Waals surface area (Å²) >= 11 is 0. The summed E-state index contributed by atoms with van der Waals surface area (Å²) in [5.41, 5.74) is 6.58. The summed E-state index contributed by atoms with van der Waals surface area (Å²) in [7, 11) is 0. The van der Waals surface area contributed by atoms with Gasteiger partial charge in [-0.25, -0.2) is 0 Å². The first-order valence-electron chi connectivity index (χ1n) is 11.4. The predicted molar refractivity (Wildman–Crippen MR) is 133 cm³/mol. The summed E-state index contributed by atoms with van der Waals surface area (Å²) in [5, 5.41) is 2.96. The van der Waals surface area contributed by atoms with E-state index in [0.29, 0.717) is 17.9 Å². The second kappa shape index (κ2) is 10.3. The number of aryl methyl sites for hydroxylation is 3. The number of aliphatic imine (C=N–C) groups is 1. The van der Waals surface area contributed by atoms with Crippen LogP contribution in [0.1, 0.15) is 35.1 Å². The molecule has 168 valence electrons. The van der Waals surface area contributed by atoms with E-state index in [0.717, 1.165) is 29.7 Å². The van der Waals surface area contributed by atoms with Crippen molar-refractivity contribution >= 4 is 28.9 Å². The van der Waals surface area contributed by atoms with Crippen LogP contribution in [0.15, 0.2) is 77.8 Å². The highest BCUT2D eigenvalue weighted by molar-refractivity contribution is 6.19. The lowest BCUT2D eigenvalue weighted by Gasteiger charge is -2.22. The van der Waals surface area contributed by atoms with Crippen LogP contribution in [0.2, 0.25) is 0 Å². The number of benzene rings is 3. The van der Waals surface area contributed by atoms with Crippen molar-refractivity contribution < 1.29 is 9.59 Å². The van der Waals surface area contributed by atoms with Crippen LogP contribution in [-0.4, -0.2) is 30.6 Å². The zero-order chi connectivity index (χ0) is 23.2. The van der Waals surface area contributed by atoms with E-state index in [1.165, 1.54) is 11.1 Å². The third-order valence-corrected chi connectivity index (χ3v) is 5.85. The molecule has 0 fully saturated rings. The number of rotatable bonds is 7. The summed E-state index contributed by atoms with van der Waals surface area (Å²) in [6.45, 7) is 4.64. The van der Waals surface area contributed by atoms with Gasteiger partial charge in [-0.05, 0) is 55.5 Å². The molecule has 3 aromatic carbocycles. The van der Waals surface area contributed by atoms with E-state index in [4.69, 9.17) is 4.99 Å². The molecule has 0 saturated heterocycles. The fourth-order valence-electron chi connectivity index (χ4n) is 4.18. The number of para-hydroxylation sites is 2. The number of carbonyl (C=O) groups is 2. The van der Waals surface area contributed by atoms with Gasteiger partial charge in [0, 0.05) is 6.54 Å². The first-order valence-corrected chi connectivity index (χ1v) is 11.4. The van der Waals surface area contributed by atoms with Crippen molar-refractivity contribution in [2.45, 2.75) is 33.1 Å². The van der Waals surface area contributed by atoms with Gasteiger partial charge >= 0.3 is 0 Å². The Labute approximate surface area is 195 Å². The van der Waals surface area contributed by atoms with Crippen LogP contribution in [0.5, 0.6) is 0 Å². The lowest BCUT2D eigenvalue weighted by atomic mass is 9.99. The molecule has 3 aromatic rings. The van der Waals surface area contributed by atoms with E-state index in [-0.39, 0.29) is 24.8 Å². The Morgan fingerprint density at radius 1 is 1.00 bits per heavy atom. The molecular weight excluding hydrogens is 410 g/mol. The van der Waals surface area contributed by atoms with Crippen molar-refractivity contribution in [3.05, 3.63) is 95.1 Å². The van der Waals surface area contributed by atoms with Crippen molar-refractivity contribution in [3.63, 3.8) is 0 Å². The Morgan fingerprint density at radius 2 is 1.76 bits per heavy atom. The van der Waals surface area contributed by atoms with Crippen LogP contribution >= 0.6 is 0 Å². The minimum Gasteiger partial charge on any atom is -0.355 e. The minimum absolute atomic E-state index is 0.0170. The van der Waals surface area contributed by atoms with Crippen LogP contribution in [0.25, 0.3) is 0 Å². The van der Waals surface area contributed by atoms with Crippen LogP contribution in [0.3, 0.4) is 0 Å². The first-order chi connectivity index (χ1) is 16.0. The fourth-order valence-corrected chi connectivity index (χ4v) is 4.18. The molecule has 1 N–H and O–H groups in total. The number of hydrogen-bond donors (Lipinski definition) is 1. The molecule has 0 bridgehead atoms. The molecule has 0 saturated carbocycles. The van der Waals surface area contributed by atoms with Crippen molar-refractivity contribution in [1.82, 2.24) is 5.32 Å². The third kappa shape index (κ3) is 5.55. The van der Waals surface area contributed by atoms with Gasteiger partial charge in [-0.3, -0.25) is 14.6 Å². The standard InChI is InChI=1S/C28H29N3O2/c1-20-14-15-23(21(2)17-20)25-18-28(33)31(26-13-7-6-12-24(26)30-25)19-27(32)29-16-8-11-22-9-4-3-5-10-22/h3-7,9-10,12-15,17H,8,11,16,18-19H2,1-2H3,(H,29,32). The second-order valence-electron chi connectivity index (χ2n) is 8.46. The number of anilines is 1. The quantitative estimate of drug-likeness (QED) is 0.532. The molecule has 1 heterocycles. The summed E-state index contributed by atoms with van der Waals surface area (Å²) in [5.74, 6) is -0.292. The number of nitrogens with zero attached hydrogens (tertiary/aromatic N) is 2. The van der Waals surface area contributed by atoms with Crippen molar-refractivity contribution in [2.75, 3.05) is 18.0 Å². The summed E-state index contributed by atoms with van der Waals surface area (Å²) in [6, 6.07) is 23.9. The minimum atomic E-state index is -0.166. The number of amides is 2. The highest BCUT2D eigenvalue weighted by Crippen LogP contribution is 2.33. The number of hydrogen-bond acceptors (Lipinski definition) is 3. The molecule has 0 aromatic heterocycles. The molecule has 0 unspecified atom stereocenters.